The van der Waals surface area contributed by atoms with Crippen molar-refractivity contribution in [2.45, 2.75) is 32.0 Å². The van der Waals surface area contributed by atoms with Crippen molar-refractivity contribution in [3.05, 3.63) is 47.1 Å². The first-order valence-corrected chi connectivity index (χ1v) is 10.7. The fraction of sp³-hybridized carbons (Fsp3) is 0.381. The smallest absolute Gasteiger partial charge is 0.403 e. The number of hydrogen-bond acceptors (Lipinski definition) is 6. The van der Waals surface area contributed by atoms with Gasteiger partial charge in [-0.3, -0.25) is 5.10 Å². The highest BCUT2D eigenvalue weighted by Gasteiger charge is 2.35. The number of hydrogen-bond donors (Lipinski definition) is 3. The first-order valence-electron chi connectivity index (χ1n) is 10.3. The molecule has 0 radical (unpaired) electrons. The molecule has 176 valence electrons. The van der Waals surface area contributed by atoms with Gasteiger partial charge in [-0.2, -0.15) is 23.3 Å². The molecule has 2 heterocycles. The molecule has 0 fully saturated rings. The van der Waals surface area contributed by atoms with Crippen molar-refractivity contribution in [2.24, 2.45) is 7.05 Å². The Hall–Kier alpha value is -3.05. The van der Waals surface area contributed by atoms with Gasteiger partial charge in [0.05, 0.1) is 28.2 Å². The minimum atomic E-state index is -4.26. The summed E-state index contributed by atoms with van der Waals surface area (Å²) in [6, 6.07) is 2.15. The Bertz CT molecular complexity index is 1200. The maximum atomic E-state index is 12.5. The van der Waals surface area contributed by atoms with E-state index in [0.29, 0.717) is 35.3 Å². The molecule has 0 saturated carbocycles. The summed E-state index contributed by atoms with van der Waals surface area (Å²) in [4.78, 5) is 4.58. The van der Waals surface area contributed by atoms with Gasteiger partial charge in [0, 0.05) is 25.4 Å². The molecule has 1 atom stereocenters. The highest BCUT2D eigenvalue weighted by atomic mass is 35.5. The number of benzene rings is 1. The normalized spacial score (nSPS) is 15.3. The van der Waals surface area contributed by atoms with Gasteiger partial charge in [0.2, 0.25) is 5.95 Å². The third kappa shape index (κ3) is 5.31. The molecule has 1 aromatic carbocycles. The number of allylic oxidation sites excluding steroid dienone is 4. The van der Waals surface area contributed by atoms with Gasteiger partial charge in [-0.15, -0.1) is 5.10 Å². The number of halogens is 4. The Morgan fingerprint density at radius 1 is 1.27 bits per heavy atom. The van der Waals surface area contributed by atoms with Crippen LogP contribution in [0.25, 0.3) is 16.5 Å². The van der Waals surface area contributed by atoms with Gasteiger partial charge in [-0.1, -0.05) is 17.7 Å². The molecule has 1 unspecified atom stereocenters. The van der Waals surface area contributed by atoms with Gasteiger partial charge in [0.1, 0.15) is 12.6 Å². The van der Waals surface area contributed by atoms with Crippen LogP contribution in [0.5, 0.6) is 0 Å². The minimum Gasteiger partial charge on any atom is -0.497 e. The summed E-state index contributed by atoms with van der Waals surface area (Å²) in [6.07, 6.45) is 2.35. The quantitative estimate of drug-likeness (QED) is 0.404. The maximum absolute atomic E-state index is 12.5. The molecular weight excluding hydrogens is 459 g/mol. The van der Waals surface area contributed by atoms with E-state index >= 15 is 0 Å². The van der Waals surface area contributed by atoms with E-state index < -0.39 is 12.2 Å². The number of nitrogens with one attached hydrogen (secondary N) is 3. The number of aromatic nitrogens is 5. The number of rotatable bonds is 8. The molecule has 8 nitrogen and oxygen atoms in total. The standard InChI is InChI=1S/C21H23ClF3N7O/c1-12(21(23,24)25)26-9-10-33-14-5-3-13(4-6-14)19-29-20(32(2)31-19)28-17-8-7-16-15(18(17)22)11-27-30-16/h3,5,7-8,11-12,26H,4,6,9-10H2,1-2H3,(H,27,30)(H,28,29,31). The number of anilines is 2. The van der Waals surface area contributed by atoms with E-state index in [0.717, 1.165) is 29.2 Å². The molecule has 1 aliphatic carbocycles. The molecule has 1 aliphatic rings. The van der Waals surface area contributed by atoms with Crippen LogP contribution >= 0.6 is 11.6 Å². The Labute approximate surface area is 192 Å². The Kier molecular flexibility index (Phi) is 6.61. The van der Waals surface area contributed by atoms with Crippen molar-refractivity contribution in [3.8, 4) is 0 Å². The molecule has 3 aromatic rings. The number of fused-ring (bicyclic) bond motifs is 1. The summed E-state index contributed by atoms with van der Waals surface area (Å²) in [6.45, 7) is 1.35. The van der Waals surface area contributed by atoms with E-state index in [9.17, 15) is 13.2 Å². The van der Waals surface area contributed by atoms with Crippen LogP contribution in [0.2, 0.25) is 5.02 Å². The molecule has 2 aromatic heterocycles. The topological polar surface area (TPSA) is 92.7 Å². The fourth-order valence-electron chi connectivity index (χ4n) is 3.33. The van der Waals surface area contributed by atoms with Crippen LogP contribution in [0.15, 0.2) is 36.2 Å². The molecule has 12 heteroatoms. The lowest BCUT2D eigenvalue weighted by molar-refractivity contribution is -0.151. The second kappa shape index (κ2) is 9.44. The van der Waals surface area contributed by atoms with Gasteiger partial charge in [0.25, 0.3) is 0 Å². The lowest BCUT2D eigenvalue weighted by Crippen LogP contribution is -2.41. The van der Waals surface area contributed by atoms with Crippen molar-refractivity contribution in [3.63, 3.8) is 0 Å². The van der Waals surface area contributed by atoms with Crippen LogP contribution in [0.3, 0.4) is 0 Å². The number of nitrogens with zero attached hydrogens (tertiary/aromatic N) is 4. The molecule has 4 rings (SSSR count). The zero-order chi connectivity index (χ0) is 23.6. The van der Waals surface area contributed by atoms with Gasteiger partial charge >= 0.3 is 6.18 Å². The highest BCUT2D eigenvalue weighted by molar-refractivity contribution is 6.38. The minimum absolute atomic E-state index is 0.110. The number of ether oxygens (including phenoxy) is 1. The Balaban J connectivity index is 1.37. The highest BCUT2D eigenvalue weighted by Crippen LogP contribution is 2.32. The predicted octanol–water partition coefficient (Wildman–Crippen LogP) is 4.71. The molecule has 0 saturated heterocycles. The Morgan fingerprint density at radius 2 is 2.09 bits per heavy atom. The largest absolute Gasteiger partial charge is 0.497 e. The van der Waals surface area contributed by atoms with Gasteiger partial charge in [-0.25, -0.2) is 4.68 Å². The van der Waals surface area contributed by atoms with Crippen molar-refractivity contribution in [1.29, 1.82) is 0 Å². The summed E-state index contributed by atoms with van der Waals surface area (Å²) in [5.41, 5.74) is 2.47. The molecular formula is C21H23ClF3N7O. The van der Waals surface area contributed by atoms with Crippen molar-refractivity contribution >= 4 is 39.7 Å². The van der Waals surface area contributed by atoms with Crippen LogP contribution in [0.4, 0.5) is 24.8 Å². The monoisotopic (exact) mass is 481 g/mol. The van der Waals surface area contributed by atoms with E-state index in [2.05, 4.69) is 30.9 Å². The summed E-state index contributed by atoms with van der Waals surface area (Å²) in [7, 11) is 1.78. The second-order valence-electron chi connectivity index (χ2n) is 7.66. The van der Waals surface area contributed by atoms with Gasteiger partial charge in [0.15, 0.2) is 5.82 Å². The van der Waals surface area contributed by atoms with Crippen LogP contribution in [-0.4, -0.2) is 50.3 Å². The molecule has 0 amide bonds. The molecule has 33 heavy (non-hydrogen) atoms. The summed E-state index contributed by atoms with van der Waals surface area (Å²) < 4.78 is 44.7. The SMILES string of the molecule is CC(NCCOC1=CC=C(c2nc(Nc3ccc4[nH]ncc4c3Cl)n(C)n2)CC1)C(F)(F)F. The first-order chi connectivity index (χ1) is 15.7. The maximum Gasteiger partial charge on any atom is 0.403 e. The lowest BCUT2D eigenvalue weighted by atomic mass is 10.0. The molecule has 0 aliphatic heterocycles. The summed E-state index contributed by atoms with van der Waals surface area (Å²) >= 11 is 6.48. The number of aryl methyl sites for hydroxylation is 1. The number of aromatic amines is 1. The third-order valence-corrected chi connectivity index (χ3v) is 5.70. The van der Waals surface area contributed by atoms with Crippen molar-refractivity contribution in [1.82, 2.24) is 30.3 Å². The second-order valence-corrected chi connectivity index (χ2v) is 8.03. The van der Waals surface area contributed by atoms with Crippen LogP contribution in [0.1, 0.15) is 25.6 Å². The van der Waals surface area contributed by atoms with E-state index in [1.54, 1.807) is 24.0 Å². The lowest BCUT2D eigenvalue weighted by Gasteiger charge is -2.18. The zero-order valence-electron chi connectivity index (χ0n) is 18.0. The summed E-state index contributed by atoms with van der Waals surface area (Å²) in [5.74, 6) is 1.83. The zero-order valence-corrected chi connectivity index (χ0v) is 18.8. The van der Waals surface area contributed by atoms with Crippen LogP contribution in [0, 0.1) is 0 Å². The Morgan fingerprint density at radius 3 is 2.82 bits per heavy atom. The third-order valence-electron chi connectivity index (χ3n) is 5.30. The molecule has 0 bridgehead atoms. The van der Waals surface area contributed by atoms with Crippen molar-refractivity contribution in [2.75, 3.05) is 18.5 Å². The average molecular weight is 482 g/mol. The van der Waals surface area contributed by atoms with Crippen molar-refractivity contribution < 1.29 is 17.9 Å². The average Bonchev–Trinajstić information content (AvgIpc) is 3.40. The molecule has 3 N–H and O–H groups in total. The van der Waals surface area contributed by atoms with Crippen LogP contribution in [-0.2, 0) is 11.8 Å². The van der Waals surface area contributed by atoms with E-state index in [4.69, 9.17) is 16.3 Å². The van der Waals surface area contributed by atoms with Gasteiger partial charge in [-0.05, 0) is 37.1 Å². The van der Waals surface area contributed by atoms with E-state index in [1.807, 2.05) is 18.2 Å². The fourth-order valence-corrected chi connectivity index (χ4v) is 3.59. The first kappa shape index (κ1) is 23.1. The van der Waals surface area contributed by atoms with E-state index in [1.165, 1.54) is 0 Å². The van der Waals surface area contributed by atoms with E-state index in [-0.39, 0.29) is 13.2 Å². The van der Waals surface area contributed by atoms with Crippen LogP contribution < -0.4 is 10.6 Å². The predicted molar refractivity (Wildman–Crippen MR) is 120 cm³/mol. The number of alkyl halides is 3. The number of H-pyrrole nitrogens is 1. The van der Waals surface area contributed by atoms with Gasteiger partial charge < -0.3 is 15.4 Å². The molecule has 0 spiro atoms. The summed E-state index contributed by atoms with van der Waals surface area (Å²) in [5, 5.41) is 18.3.